The summed E-state index contributed by atoms with van der Waals surface area (Å²) >= 11 is 18.7. The number of aryl methyl sites for hydroxylation is 1. The van der Waals surface area contributed by atoms with Crippen molar-refractivity contribution in [2.45, 2.75) is 57.6 Å². The Morgan fingerprint density at radius 2 is 1.57 bits per heavy atom. The van der Waals surface area contributed by atoms with Gasteiger partial charge in [-0.25, -0.2) is 8.42 Å². The van der Waals surface area contributed by atoms with Crippen LogP contribution in [-0.2, 0) is 26.2 Å². The summed E-state index contributed by atoms with van der Waals surface area (Å²) in [6, 6.07) is 16.4. The second-order valence-electron chi connectivity index (χ2n) is 9.65. The maximum Gasteiger partial charge on any atom is 0.264 e. The van der Waals surface area contributed by atoms with Crippen LogP contribution in [0.4, 0.5) is 5.69 Å². The maximum atomic E-state index is 14.1. The first kappa shape index (κ1) is 31.7. The highest BCUT2D eigenvalue weighted by atomic mass is 35.5. The molecule has 7 nitrogen and oxygen atoms in total. The van der Waals surface area contributed by atoms with E-state index in [0.717, 1.165) is 9.87 Å². The number of benzene rings is 3. The zero-order valence-corrected chi connectivity index (χ0v) is 25.8. The van der Waals surface area contributed by atoms with Crippen molar-refractivity contribution in [1.82, 2.24) is 10.2 Å². The van der Waals surface area contributed by atoms with Gasteiger partial charge in [0.15, 0.2) is 0 Å². The first-order valence-corrected chi connectivity index (χ1v) is 15.3. The molecule has 0 radical (unpaired) electrons. The van der Waals surface area contributed by atoms with Gasteiger partial charge in [-0.1, -0.05) is 71.6 Å². The topological polar surface area (TPSA) is 86.8 Å². The monoisotopic (exact) mass is 623 g/mol. The summed E-state index contributed by atoms with van der Waals surface area (Å²) in [5, 5.41) is 3.91. The van der Waals surface area contributed by atoms with Gasteiger partial charge in [-0.3, -0.25) is 13.9 Å². The summed E-state index contributed by atoms with van der Waals surface area (Å²) in [4.78, 5) is 28.6. The van der Waals surface area contributed by atoms with Crippen LogP contribution in [-0.4, -0.2) is 43.8 Å². The SMILES string of the molecule is CC[C@H](C(=O)NC(C)C)N(Cc1ccc(Cl)cc1Cl)C(=O)CN(c1cccc(Cl)c1)S(=O)(=O)c1ccc(C)cc1. The molecule has 0 bridgehead atoms. The molecule has 0 saturated heterocycles. The fourth-order valence-electron chi connectivity index (χ4n) is 4.13. The van der Waals surface area contributed by atoms with E-state index < -0.39 is 28.5 Å². The Labute approximate surface area is 251 Å². The van der Waals surface area contributed by atoms with Crippen LogP contribution in [0.3, 0.4) is 0 Å². The third-order valence-electron chi connectivity index (χ3n) is 6.16. The number of hydrogen-bond acceptors (Lipinski definition) is 4. The summed E-state index contributed by atoms with van der Waals surface area (Å²) in [5.41, 5.74) is 1.66. The number of sulfonamides is 1. The molecule has 214 valence electrons. The zero-order valence-electron chi connectivity index (χ0n) is 22.7. The number of carbonyl (C=O) groups is 2. The van der Waals surface area contributed by atoms with Crippen LogP contribution in [0.5, 0.6) is 0 Å². The van der Waals surface area contributed by atoms with Crippen LogP contribution in [0.25, 0.3) is 0 Å². The molecular weight excluding hydrogens is 593 g/mol. The van der Waals surface area contributed by atoms with Crippen LogP contribution < -0.4 is 9.62 Å². The first-order chi connectivity index (χ1) is 18.8. The van der Waals surface area contributed by atoms with Gasteiger partial charge in [-0.05, 0) is 75.2 Å². The van der Waals surface area contributed by atoms with Gasteiger partial charge in [-0.15, -0.1) is 0 Å². The number of rotatable bonds is 11. The lowest BCUT2D eigenvalue weighted by atomic mass is 10.1. The van der Waals surface area contributed by atoms with E-state index in [1.165, 1.54) is 23.1 Å². The van der Waals surface area contributed by atoms with E-state index >= 15 is 0 Å². The number of amides is 2. The van der Waals surface area contributed by atoms with Crippen LogP contribution in [0, 0.1) is 6.92 Å². The van der Waals surface area contributed by atoms with Crippen molar-refractivity contribution < 1.29 is 18.0 Å². The fourth-order valence-corrected chi connectivity index (χ4v) is 6.19. The molecule has 3 aromatic carbocycles. The highest BCUT2D eigenvalue weighted by Crippen LogP contribution is 2.28. The van der Waals surface area contributed by atoms with Gasteiger partial charge >= 0.3 is 0 Å². The molecule has 0 aliphatic carbocycles. The van der Waals surface area contributed by atoms with Crippen LogP contribution >= 0.6 is 34.8 Å². The predicted molar refractivity (Wildman–Crippen MR) is 162 cm³/mol. The van der Waals surface area contributed by atoms with E-state index in [4.69, 9.17) is 34.8 Å². The second-order valence-corrected chi connectivity index (χ2v) is 12.8. The Bertz CT molecular complexity index is 1460. The van der Waals surface area contributed by atoms with E-state index in [9.17, 15) is 18.0 Å². The molecular formula is C29H32Cl3N3O4S. The maximum absolute atomic E-state index is 14.1. The average Bonchev–Trinajstić information content (AvgIpc) is 2.88. The predicted octanol–water partition coefficient (Wildman–Crippen LogP) is 6.48. The Morgan fingerprint density at radius 3 is 2.15 bits per heavy atom. The molecule has 0 fully saturated rings. The molecule has 0 aromatic heterocycles. The lowest BCUT2D eigenvalue weighted by Gasteiger charge is -2.33. The van der Waals surface area contributed by atoms with Crippen molar-refractivity contribution in [3.05, 3.63) is 92.9 Å². The number of nitrogens with one attached hydrogen (secondary N) is 1. The molecule has 0 unspecified atom stereocenters. The quantitative estimate of drug-likeness (QED) is 0.265. The van der Waals surface area contributed by atoms with Gasteiger partial charge < -0.3 is 10.2 Å². The molecule has 3 rings (SSSR count). The third kappa shape index (κ3) is 7.91. The summed E-state index contributed by atoms with van der Waals surface area (Å²) in [6.07, 6.45) is 0.289. The van der Waals surface area contributed by atoms with Crippen molar-refractivity contribution >= 4 is 62.3 Å². The van der Waals surface area contributed by atoms with Crippen LogP contribution in [0.1, 0.15) is 38.3 Å². The highest BCUT2D eigenvalue weighted by molar-refractivity contribution is 7.92. The molecule has 2 amide bonds. The van der Waals surface area contributed by atoms with Crippen molar-refractivity contribution in [1.29, 1.82) is 0 Å². The normalized spacial score (nSPS) is 12.2. The van der Waals surface area contributed by atoms with E-state index in [2.05, 4.69) is 5.32 Å². The fraction of sp³-hybridized carbons (Fsp3) is 0.310. The summed E-state index contributed by atoms with van der Waals surface area (Å²) in [6.45, 7) is 6.66. The Morgan fingerprint density at radius 1 is 0.925 bits per heavy atom. The smallest absolute Gasteiger partial charge is 0.264 e. The van der Waals surface area contributed by atoms with Gasteiger partial charge in [-0.2, -0.15) is 0 Å². The molecule has 1 N–H and O–H groups in total. The Hall–Kier alpha value is -2.78. The van der Waals surface area contributed by atoms with Crippen molar-refractivity contribution in [3.8, 4) is 0 Å². The van der Waals surface area contributed by atoms with E-state index in [1.807, 2.05) is 20.8 Å². The minimum Gasteiger partial charge on any atom is -0.352 e. The molecule has 3 aromatic rings. The summed E-state index contributed by atoms with van der Waals surface area (Å²) in [5.74, 6) is -0.945. The molecule has 0 heterocycles. The number of hydrogen-bond donors (Lipinski definition) is 1. The summed E-state index contributed by atoms with van der Waals surface area (Å²) < 4.78 is 28.8. The lowest BCUT2D eigenvalue weighted by Crippen LogP contribution is -2.53. The second kappa shape index (κ2) is 13.7. The molecule has 0 spiro atoms. The molecule has 11 heteroatoms. The van der Waals surface area contributed by atoms with Gasteiger partial charge in [0.2, 0.25) is 11.8 Å². The number of carbonyl (C=O) groups excluding carboxylic acids is 2. The van der Waals surface area contributed by atoms with Crippen LogP contribution in [0.15, 0.2) is 71.6 Å². The third-order valence-corrected chi connectivity index (χ3v) is 8.77. The van der Waals surface area contributed by atoms with E-state index in [-0.39, 0.29) is 35.5 Å². The average molecular weight is 625 g/mol. The Kier molecular flexibility index (Phi) is 10.9. The number of nitrogens with zero attached hydrogens (tertiary/aromatic N) is 2. The molecule has 1 atom stereocenters. The van der Waals surface area contributed by atoms with Gasteiger partial charge in [0.25, 0.3) is 10.0 Å². The van der Waals surface area contributed by atoms with Crippen LogP contribution in [0.2, 0.25) is 15.1 Å². The minimum absolute atomic E-state index is 0.0164. The van der Waals surface area contributed by atoms with Crippen molar-refractivity contribution in [2.24, 2.45) is 0 Å². The molecule has 40 heavy (non-hydrogen) atoms. The molecule has 0 aliphatic rings. The number of anilines is 1. The standard InChI is InChI=1S/C29H32Cl3N3O4S/c1-5-27(29(37)33-19(2)3)34(17-21-11-12-23(31)16-26(21)32)28(36)18-35(24-8-6-7-22(30)15-24)40(38,39)25-13-9-20(4)10-14-25/h6-16,19,27H,5,17-18H2,1-4H3,(H,33,37)/t27-/m1/s1. The highest BCUT2D eigenvalue weighted by Gasteiger charge is 2.34. The largest absolute Gasteiger partial charge is 0.352 e. The van der Waals surface area contributed by atoms with Gasteiger partial charge in [0.1, 0.15) is 12.6 Å². The molecule has 0 saturated carbocycles. The molecule has 0 aliphatic heterocycles. The van der Waals surface area contributed by atoms with Crippen molar-refractivity contribution in [3.63, 3.8) is 0 Å². The zero-order chi connectivity index (χ0) is 29.6. The van der Waals surface area contributed by atoms with Gasteiger partial charge in [0.05, 0.1) is 10.6 Å². The Balaban J connectivity index is 2.09. The first-order valence-electron chi connectivity index (χ1n) is 12.7. The van der Waals surface area contributed by atoms with E-state index in [1.54, 1.807) is 55.5 Å². The van der Waals surface area contributed by atoms with Gasteiger partial charge in [0, 0.05) is 27.7 Å². The van der Waals surface area contributed by atoms with E-state index in [0.29, 0.717) is 20.6 Å². The summed E-state index contributed by atoms with van der Waals surface area (Å²) in [7, 11) is -4.19. The number of halogens is 3. The van der Waals surface area contributed by atoms with Crippen molar-refractivity contribution in [2.75, 3.05) is 10.8 Å². The minimum atomic E-state index is -4.19. The lowest BCUT2D eigenvalue weighted by molar-refractivity contribution is -0.140.